The van der Waals surface area contributed by atoms with E-state index in [0.717, 1.165) is 21.8 Å². The first-order valence-corrected chi connectivity index (χ1v) is 15.6. The van der Waals surface area contributed by atoms with Crippen LogP contribution in [-0.2, 0) is 32.0 Å². The van der Waals surface area contributed by atoms with Crippen molar-refractivity contribution < 1.29 is 33.4 Å². The number of amides is 2. The summed E-state index contributed by atoms with van der Waals surface area (Å²) in [7, 11) is 1.62. The van der Waals surface area contributed by atoms with E-state index in [4.69, 9.17) is 14.2 Å². The molecule has 0 saturated heterocycles. The van der Waals surface area contributed by atoms with Crippen LogP contribution in [0.5, 0.6) is 5.75 Å². The molecule has 0 spiro atoms. The number of carbonyl (C=O) groups is 4. The van der Waals surface area contributed by atoms with E-state index in [-0.39, 0.29) is 29.1 Å². The van der Waals surface area contributed by atoms with Gasteiger partial charge in [0.15, 0.2) is 0 Å². The quantitative estimate of drug-likeness (QED) is 0.245. The van der Waals surface area contributed by atoms with E-state index in [1.165, 1.54) is 11.3 Å². The lowest BCUT2D eigenvalue weighted by molar-refractivity contribution is -0.161. The Labute approximate surface area is 268 Å². The number of carbonyl (C=O) groups excluding carboxylic acids is 4. The number of hydrogen-bond donors (Lipinski definition) is 2. The van der Waals surface area contributed by atoms with E-state index < -0.39 is 29.0 Å². The van der Waals surface area contributed by atoms with Gasteiger partial charge in [0, 0.05) is 30.1 Å². The van der Waals surface area contributed by atoms with Crippen LogP contribution in [0.4, 0.5) is 5.00 Å². The highest BCUT2D eigenvalue weighted by molar-refractivity contribution is 7.17. The molecule has 3 aromatic rings. The van der Waals surface area contributed by atoms with Crippen LogP contribution >= 0.6 is 11.3 Å². The number of fused-ring (bicyclic) bond motifs is 1. The Bertz CT molecular complexity index is 1540. The zero-order valence-electron chi connectivity index (χ0n) is 26.8. The molecule has 0 bridgehead atoms. The SMILES string of the molecule is COc1ccc(CN2CCc3c(sc(NC(=O)C(=O)OC(C)(C)C)c3C(=O)OC(C)(C)C)C2CNC(=O)c2ccccc2)cc1. The second kappa shape index (κ2) is 13.8. The first-order chi connectivity index (χ1) is 21.1. The van der Waals surface area contributed by atoms with Crippen molar-refractivity contribution in [3.63, 3.8) is 0 Å². The monoisotopic (exact) mass is 635 g/mol. The van der Waals surface area contributed by atoms with Gasteiger partial charge in [0.1, 0.15) is 22.0 Å². The lowest BCUT2D eigenvalue weighted by atomic mass is 9.96. The summed E-state index contributed by atoms with van der Waals surface area (Å²) in [5.74, 6) is -2.13. The van der Waals surface area contributed by atoms with Crippen molar-refractivity contribution in [1.29, 1.82) is 0 Å². The maximum absolute atomic E-state index is 13.6. The molecule has 2 heterocycles. The minimum Gasteiger partial charge on any atom is -0.497 e. The number of thiophene rings is 1. The fraction of sp³-hybridized carbons (Fsp3) is 0.412. The van der Waals surface area contributed by atoms with Gasteiger partial charge in [-0.2, -0.15) is 0 Å². The van der Waals surface area contributed by atoms with E-state index >= 15 is 0 Å². The molecule has 4 rings (SSSR count). The highest BCUT2D eigenvalue weighted by Gasteiger charge is 2.37. The Kier molecular flexibility index (Phi) is 10.3. The predicted octanol–water partition coefficient (Wildman–Crippen LogP) is 5.52. The summed E-state index contributed by atoms with van der Waals surface area (Å²) in [5.41, 5.74) is 0.837. The number of anilines is 1. The van der Waals surface area contributed by atoms with Crippen LogP contribution in [0.25, 0.3) is 0 Å². The van der Waals surface area contributed by atoms with Gasteiger partial charge in [-0.1, -0.05) is 30.3 Å². The standard InChI is InChI=1S/C34H41N3O7S/c1-33(2,3)43-31(40)26-24-17-18-37(20-21-13-15-23(42-7)16-14-21)25(19-35-28(38)22-11-9-8-10-12-22)27(24)45-30(26)36-29(39)32(41)44-34(4,5)6/h8-16,25H,17-20H2,1-7H3,(H,35,38)(H,36,39). The van der Waals surface area contributed by atoms with Gasteiger partial charge < -0.3 is 24.8 Å². The Balaban J connectivity index is 1.73. The second-order valence-corrected chi connectivity index (χ2v) is 13.8. The van der Waals surface area contributed by atoms with Crippen LogP contribution in [-0.4, -0.2) is 60.1 Å². The van der Waals surface area contributed by atoms with Crippen molar-refractivity contribution >= 4 is 40.1 Å². The topological polar surface area (TPSA) is 123 Å². The summed E-state index contributed by atoms with van der Waals surface area (Å²) in [6.07, 6.45) is 0.488. The molecule has 10 nitrogen and oxygen atoms in total. The maximum Gasteiger partial charge on any atom is 0.397 e. The fourth-order valence-electron chi connectivity index (χ4n) is 4.95. The first kappa shape index (κ1) is 33.7. The number of rotatable bonds is 8. The Morgan fingerprint density at radius 1 is 0.911 bits per heavy atom. The molecular formula is C34H41N3O7S. The maximum atomic E-state index is 13.6. The minimum atomic E-state index is -1.06. The summed E-state index contributed by atoms with van der Waals surface area (Å²) in [4.78, 5) is 55.3. The fourth-order valence-corrected chi connectivity index (χ4v) is 6.31. The molecular weight excluding hydrogens is 594 g/mol. The molecule has 2 amide bonds. The zero-order valence-corrected chi connectivity index (χ0v) is 27.6. The number of nitrogens with one attached hydrogen (secondary N) is 2. The van der Waals surface area contributed by atoms with Crippen LogP contribution in [0.2, 0.25) is 0 Å². The molecule has 1 aromatic heterocycles. The van der Waals surface area contributed by atoms with Crippen molar-refractivity contribution in [3.05, 3.63) is 81.7 Å². The molecule has 45 heavy (non-hydrogen) atoms. The van der Waals surface area contributed by atoms with Gasteiger partial charge in [-0.15, -0.1) is 11.3 Å². The predicted molar refractivity (Wildman–Crippen MR) is 173 cm³/mol. The molecule has 0 aliphatic carbocycles. The van der Waals surface area contributed by atoms with Crippen LogP contribution in [0.15, 0.2) is 54.6 Å². The average molecular weight is 636 g/mol. The third-order valence-electron chi connectivity index (χ3n) is 6.88. The first-order valence-electron chi connectivity index (χ1n) is 14.8. The van der Waals surface area contributed by atoms with Crippen LogP contribution in [0.3, 0.4) is 0 Å². The van der Waals surface area contributed by atoms with Gasteiger partial charge in [0.05, 0.1) is 18.7 Å². The van der Waals surface area contributed by atoms with E-state index in [1.54, 1.807) is 72.9 Å². The van der Waals surface area contributed by atoms with Gasteiger partial charge in [0.25, 0.3) is 5.91 Å². The van der Waals surface area contributed by atoms with E-state index in [2.05, 4.69) is 15.5 Å². The van der Waals surface area contributed by atoms with E-state index in [0.29, 0.717) is 25.1 Å². The lowest BCUT2D eigenvalue weighted by Gasteiger charge is -2.36. The number of ether oxygens (including phenoxy) is 3. The second-order valence-electron chi connectivity index (χ2n) is 12.8. The van der Waals surface area contributed by atoms with Gasteiger partial charge in [0.2, 0.25) is 0 Å². The molecule has 2 N–H and O–H groups in total. The Morgan fingerprint density at radius 3 is 2.16 bits per heavy atom. The van der Waals surface area contributed by atoms with Crippen molar-refractivity contribution in [3.8, 4) is 5.75 Å². The average Bonchev–Trinajstić information content (AvgIpc) is 3.33. The molecule has 11 heteroatoms. The Hall–Kier alpha value is -4.22. The third-order valence-corrected chi connectivity index (χ3v) is 8.13. The number of nitrogens with zero attached hydrogens (tertiary/aromatic N) is 1. The Morgan fingerprint density at radius 2 is 1.56 bits per heavy atom. The highest BCUT2D eigenvalue weighted by atomic mass is 32.1. The third kappa shape index (κ3) is 8.92. The van der Waals surface area contributed by atoms with Crippen LogP contribution in [0, 0.1) is 0 Å². The molecule has 0 fully saturated rings. The molecule has 240 valence electrons. The van der Waals surface area contributed by atoms with Crippen LogP contribution < -0.4 is 15.4 Å². The van der Waals surface area contributed by atoms with Crippen molar-refractivity contribution in [2.24, 2.45) is 0 Å². The summed E-state index contributed by atoms with van der Waals surface area (Å²) < 4.78 is 16.3. The summed E-state index contributed by atoms with van der Waals surface area (Å²) in [5, 5.41) is 5.89. The van der Waals surface area contributed by atoms with Crippen LogP contribution in [0.1, 0.15) is 84.3 Å². The summed E-state index contributed by atoms with van der Waals surface area (Å²) >= 11 is 1.20. The molecule has 2 aromatic carbocycles. The molecule has 1 unspecified atom stereocenters. The number of esters is 2. The smallest absolute Gasteiger partial charge is 0.397 e. The van der Waals surface area contributed by atoms with Gasteiger partial charge in [-0.05, 0) is 83.4 Å². The van der Waals surface area contributed by atoms with Gasteiger partial charge in [-0.3, -0.25) is 14.5 Å². The summed E-state index contributed by atoms with van der Waals surface area (Å²) in [6, 6.07) is 16.4. The molecule has 1 atom stereocenters. The lowest BCUT2D eigenvalue weighted by Crippen LogP contribution is -2.41. The van der Waals surface area contributed by atoms with Crippen molar-refractivity contribution in [2.75, 3.05) is 25.5 Å². The number of benzene rings is 2. The van der Waals surface area contributed by atoms with Crippen molar-refractivity contribution in [1.82, 2.24) is 10.2 Å². The molecule has 1 aliphatic rings. The number of methoxy groups -OCH3 is 1. The van der Waals surface area contributed by atoms with E-state index in [1.807, 2.05) is 30.3 Å². The van der Waals surface area contributed by atoms with Gasteiger partial charge >= 0.3 is 17.8 Å². The van der Waals surface area contributed by atoms with E-state index in [9.17, 15) is 19.2 Å². The minimum absolute atomic E-state index is 0.204. The zero-order chi connectivity index (χ0) is 32.9. The van der Waals surface area contributed by atoms with Crippen molar-refractivity contribution in [2.45, 2.75) is 71.8 Å². The molecule has 1 aliphatic heterocycles. The normalized spacial score (nSPS) is 15.0. The summed E-state index contributed by atoms with van der Waals surface area (Å²) in [6.45, 7) is 11.7. The highest BCUT2D eigenvalue weighted by Crippen LogP contribution is 2.43. The molecule has 0 radical (unpaired) electrons. The van der Waals surface area contributed by atoms with Gasteiger partial charge in [-0.25, -0.2) is 9.59 Å². The largest absolute Gasteiger partial charge is 0.497 e. The molecule has 0 saturated carbocycles. The number of hydrogen-bond acceptors (Lipinski definition) is 9.